The van der Waals surface area contributed by atoms with Crippen LogP contribution in [0.3, 0.4) is 0 Å². The molecule has 1 spiro atoms. The Labute approximate surface area is 92.0 Å². The third-order valence-corrected chi connectivity index (χ3v) is 4.13. The molecule has 0 aromatic heterocycles. The Bertz CT molecular complexity index is 406. The largest absolute Gasteiger partial charge is 0.0704 e. The van der Waals surface area contributed by atoms with Gasteiger partial charge in [0, 0.05) is 5.41 Å². The molecule has 0 saturated heterocycles. The van der Waals surface area contributed by atoms with Crippen LogP contribution in [0.5, 0.6) is 0 Å². The van der Waals surface area contributed by atoms with Crippen LogP contribution >= 0.6 is 0 Å². The SMILES string of the molecule is CC1=CC2(CCCCC2)c2ccccc21. The van der Waals surface area contributed by atoms with E-state index in [0.717, 1.165) is 0 Å². The van der Waals surface area contributed by atoms with Crippen molar-refractivity contribution in [2.75, 3.05) is 0 Å². The molecule has 3 rings (SSSR count). The first-order valence-corrected chi connectivity index (χ1v) is 6.11. The van der Waals surface area contributed by atoms with E-state index in [1.807, 2.05) is 0 Å². The zero-order chi connectivity index (χ0) is 10.3. The van der Waals surface area contributed by atoms with Crippen LogP contribution in [-0.2, 0) is 5.41 Å². The van der Waals surface area contributed by atoms with E-state index in [4.69, 9.17) is 0 Å². The Hall–Kier alpha value is -1.04. The highest BCUT2D eigenvalue weighted by Gasteiger charge is 2.37. The Balaban J connectivity index is 2.13. The summed E-state index contributed by atoms with van der Waals surface area (Å²) < 4.78 is 0. The maximum atomic E-state index is 2.54. The molecule has 0 radical (unpaired) electrons. The number of rotatable bonds is 0. The van der Waals surface area contributed by atoms with Gasteiger partial charge in [0.05, 0.1) is 0 Å². The minimum atomic E-state index is 0.416. The fourth-order valence-corrected chi connectivity index (χ4v) is 3.43. The highest BCUT2D eigenvalue weighted by molar-refractivity contribution is 5.75. The van der Waals surface area contributed by atoms with Crippen LogP contribution in [0, 0.1) is 0 Å². The van der Waals surface area contributed by atoms with E-state index in [1.165, 1.54) is 43.2 Å². The third kappa shape index (κ3) is 1.27. The Morgan fingerprint density at radius 1 is 1.00 bits per heavy atom. The van der Waals surface area contributed by atoms with Crippen molar-refractivity contribution in [1.82, 2.24) is 0 Å². The van der Waals surface area contributed by atoms with Crippen molar-refractivity contribution in [3.05, 3.63) is 41.5 Å². The van der Waals surface area contributed by atoms with Crippen LogP contribution in [0.25, 0.3) is 5.57 Å². The summed E-state index contributed by atoms with van der Waals surface area (Å²) in [4.78, 5) is 0. The Morgan fingerprint density at radius 3 is 2.53 bits per heavy atom. The predicted molar refractivity (Wildman–Crippen MR) is 64.9 cm³/mol. The highest BCUT2D eigenvalue weighted by atomic mass is 14.4. The van der Waals surface area contributed by atoms with Crippen molar-refractivity contribution < 1.29 is 0 Å². The van der Waals surface area contributed by atoms with Crippen LogP contribution < -0.4 is 0 Å². The summed E-state index contributed by atoms with van der Waals surface area (Å²) in [6.45, 7) is 2.27. The van der Waals surface area contributed by atoms with Crippen molar-refractivity contribution in [2.24, 2.45) is 0 Å². The van der Waals surface area contributed by atoms with Gasteiger partial charge in [-0.3, -0.25) is 0 Å². The van der Waals surface area contributed by atoms with Gasteiger partial charge in [0.15, 0.2) is 0 Å². The summed E-state index contributed by atoms with van der Waals surface area (Å²) >= 11 is 0. The second-order valence-corrected chi connectivity index (χ2v) is 5.09. The van der Waals surface area contributed by atoms with Gasteiger partial charge in [-0.2, -0.15) is 0 Å². The van der Waals surface area contributed by atoms with Crippen LogP contribution in [0.2, 0.25) is 0 Å². The van der Waals surface area contributed by atoms with Gasteiger partial charge < -0.3 is 0 Å². The molecule has 78 valence electrons. The van der Waals surface area contributed by atoms with Gasteiger partial charge in [-0.25, -0.2) is 0 Å². The summed E-state index contributed by atoms with van der Waals surface area (Å²) in [5.74, 6) is 0. The minimum absolute atomic E-state index is 0.416. The molecule has 0 unspecified atom stereocenters. The van der Waals surface area contributed by atoms with Crippen molar-refractivity contribution in [3.63, 3.8) is 0 Å². The van der Waals surface area contributed by atoms with E-state index >= 15 is 0 Å². The normalized spacial score (nSPS) is 22.6. The fraction of sp³-hybridized carbons (Fsp3) is 0.467. The monoisotopic (exact) mass is 198 g/mol. The molecule has 1 saturated carbocycles. The fourth-order valence-electron chi connectivity index (χ4n) is 3.43. The molecular weight excluding hydrogens is 180 g/mol. The van der Waals surface area contributed by atoms with Gasteiger partial charge in [-0.1, -0.05) is 49.6 Å². The first-order chi connectivity index (χ1) is 7.32. The Kier molecular flexibility index (Phi) is 1.98. The lowest BCUT2D eigenvalue weighted by atomic mass is 9.71. The minimum Gasteiger partial charge on any atom is -0.0704 e. The number of fused-ring (bicyclic) bond motifs is 2. The van der Waals surface area contributed by atoms with E-state index in [0.29, 0.717) is 5.41 Å². The van der Waals surface area contributed by atoms with Crippen molar-refractivity contribution in [3.8, 4) is 0 Å². The van der Waals surface area contributed by atoms with Crippen molar-refractivity contribution in [1.29, 1.82) is 0 Å². The second-order valence-electron chi connectivity index (χ2n) is 5.09. The van der Waals surface area contributed by atoms with Gasteiger partial charge >= 0.3 is 0 Å². The number of benzene rings is 1. The van der Waals surface area contributed by atoms with Crippen LogP contribution in [0.1, 0.15) is 50.2 Å². The molecule has 0 amide bonds. The second kappa shape index (κ2) is 3.23. The van der Waals surface area contributed by atoms with Gasteiger partial charge in [0.2, 0.25) is 0 Å². The van der Waals surface area contributed by atoms with Gasteiger partial charge in [0.25, 0.3) is 0 Å². The first-order valence-electron chi connectivity index (χ1n) is 6.11. The summed E-state index contributed by atoms with van der Waals surface area (Å²) in [5.41, 5.74) is 5.01. The average Bonchev–Trinajstić information content (AvgIpc) is 2.55. The molecule has 1 aromatic carbocycles. The molecule has 0 nitrogen and oxygen atoms in total. The highest BCUT2D eigenvalue weighted by Crippen LogP contribution is 2.48. The van der Waals surface area contributed by atoms with Gasteiger partial charge in [0.1, 0.15) is 0 Å². The smallest absolute Gasteiger partial charge is 0.0144 e. The van der Waals surface area contributed by atoms with E-state index in [1.54, 1.807) is 5.56 Å². The van der Waals surface area contributed by atoms with E-state index in [-0.39, 0.29) is 0 Å². The molecule has 0 aliphatic heterocycles. The zero-order valence-corrected chi connectivity index (χ0v) is 9.42. The van der Waals surface area contributed by atoms with E-state index in [9.17, 15) is 0 Å². The van der Waals surface area contributed by atoms with Crippen molar-refractivity contribution >= 4 is 5.57 Å². The molecule has 1 fully saturated rings. The zero-order valence-electron chi connectivity index (χ0n) is 9.42. The van der Waals surface area contributed by atoms with Gasteiger partial charge in [-0.05, 0) is 36.5 Å². The maximum absolute atomic E-state index is 2.54. The lowest BCUT2D eigenvalue weighted by Gasteiger charge is -2.33. The van der Waals surface area contributed by atoms with Crippen LogP contribution in [0.15, 0.2) is 30.3 Å². The van der Waals surface area contributed by atoms with Crippen LogP contribution in [-0.4, -0.2) is 0 Å². The predicted octanol–water partition coefficient (Wildman–Crippen LogP) is 4.31. The summed E-state index contributed by atoms with van der Waals surface area (Å²) in [6, 6.07) is 8.98. The molecular formula is C15H18. The average molecular weight is 198 g/mol. The lowest BCUT2D eigenvalue weighted by molar-refractivity contribution is 0.361. The number of allylic oxidation sites excluding steroid dienone is 2. The van der Waals surface area contributed by atoms with Crippen molar-refractivity contribution in [2.45, 2.75) is 44.4 Å². The summed E-state index contributed by atoms with van der Waals surface area (Å²) in [5, 5.41) is 0. The van der Waals surface area contributed by atoms with E-state index in [2.05, 4.69) is 37.3 Å². The topological polar surface area (TPSA) is 0 Å². The maximum Gasteiger partial charge on any atom is 0.0144 e. The third-order valence-electron chi connectivity index (χ3n) is 4.13. The molecule has 0 N–H and O–H groups in total. The Morgan fingerprint density at radius 2 is 1.73 bits per heavy atom. The molecule has 2 aliphatic rings. The molecule has 15 heavy (non-hydrogen) atoms. The number of hydrogen-bond acceptors (Lipinski definition) is 0. The van der Waals surface area contributed by atoms with Crippen LogP contribution in [0.4, 0.5) is 0 Å². The molecule has 0 atom stereocenters. The molecule has 2 aliphatic carbocycles. The lowest BCUT2D eigenvalue weighted by Crippen LogP contribution is -2.24. The van der Waals surface area contributed by atoms with Gasteiger partial charge in [-0.15, -0.1) is 0 Å². The molecule has 0 bridgehead atoms. The summed E-state index contributed by atoms with van der Waals surface area (Å²) in [6.07, 6.45) is 9.49. The molecule has 0 heterocycles. The standard InChI is InChI=1S/C15H18/c1-12-11-15(9-5-2-6-10-15)14-8-4-3-7-13(12)14/h3-4,7-8,11H,2,5-6,9-10H2,1H3. The quantitative estimate of drug-likeness (QED) is 0.583. The first kappa shape index (κ1) is 9.21. The number of hydrogen-bond donors (Lipinski definition) is 0. The van der Waals surface area contributed by atoms with E-state index < -0.39 is 0 Å². The summed E-state index contributed by atoms with van der Waals surface area (Å²) in [7, 11) is 0. The molecule has 1 aromatic rings. The molecule has 0 heteroatoms.